The van der Waals surface area contributed by atoms with E-state index in [0.29, 0.717) is 31.2 Å². The molecule has 1 aliphatic heterocycles. The van der Waals surface area contributed by atoms with Gasteiger partial charge in [0.05, 0.1) is 5.56 Å². The van der Waals surface area contributed by atoms with E-state index in [1.165, 1.54) is 15.2 Å². The second-order valence-corrected chi connectivity index (χ2v) is 9.92. The van der Waals surface area contributed by atoms with E-state index >= 15 is 0 Å². The van der Waals surface area contributed by atoms with Crippen molar-refractivity contribution in [1.29, 1.82) is 0 Å². The van der Waals surface area contributed by atoms with Crippen molar-refractivity contribution in [2.45, 2.75) is 38.3 Å². The van der Waals surface area contributed by atoms with Crippen LogP contribution < -0.4 is 10.2 Å². The lowest BCUT2D eigenvalue weighted by Gasteiger charge is -2.36. The molecule has 0 saturated carbocycles. The SMILES string of the molecule is CCC(C)NC(=O)c1cn(C)nc1S(=O)(=O)N1CCN(c2cc(Cl)ccc2C)CC1. The van der Waals surface area contributed by atoms with Gasteiger partial charge in [0, 0.05) is 56.2 Å². The summed E-state index contributed by atoms with van der Waals surface area (Å²) in [5, 5.41) is 7.38. The first-order chi connectivity index (χ1) is 14.1. The lowest BCUT2D eigenvalue weighted by atomic mass is 10.1. The quantitative estimate of drug-likeness (QED) is 0.725. The molecule has 0 bridgehead atoms. The molecule has 1 aromatic heterocycles. The van der Waals surface area contributed by atoms with Crippen molar-refractivity contribution in [1.82, 2.24) is 19.4 Å². The molecule has 10 heteroatoms. The zero-order chi connectivity index (χ0) is 22.1. The molecule has 30 heavy (non-hydrogen) atoms. The number of hydrogen-bond acceptors (Lipinski definition) is 5. The van der Waals surface area contributed by atoms with Gasteiger partial charge in [-0.3, -0.25) is 9.48 Å². The molecule has 1 unspecified atom stereocenters. The number of nitrogens with one attached hydrogen (secondary N) is 1. The molecule has 1 N–H and O–H groups in total. The van der Waals surface area contributed by atoms with Gasteiger partial charge >= 0.3 is 0 Å². The topological polar surface area (TPSA) is 87.5 Å². The van der Waals surface area contributed by atoms with Crippen LogP contribution in [0.25, 0.3) is 0 Å². The molecule has 1 saturated heterocycles. The molecule has 2 heterocycles. The van der Waals surface area contributed by atoms with Crippen LogP contribution in [-0.2, 0) is 17.1 Å². The second kappa shape index (κ2) is 8.95. The Morgan fingerprint density at radius 3 is 2.57 bits per heavy atom. The molecule has 0 spiro atoms. The third-order valence-electron chi connectivity index (χ3n) is 5.36. The Morgan fingerprint density at radius 1 is 1.27 bits per heavy atom. The van der Waals surface area contributed by atoms with Crippen LogP contribution in [0.4, 0.5) is 5.69 Å². The fraction of sp³-hybridized carbons (Fsp3) is 0.500. The zero-order valence-corrected chi connectivity index (χ0v) is 19.3. The molecule has 2 aromatic rings. The lowest BCUT2D eigenvalue weighted by molar-refractivity contribution is 0.0935. The summed E-state index contributed by atoms with van der Waals surface area (Å²) in [7, 11) is -2.29. The monoisotopic (exact) mass is 453 g/mol. The Labute approximate surface area is 182 Å². The Balaban J connectivity index is 1.79. The number of carbonyl (C=O) groups excluding carboxylic acids is 1. The highest BCUT2D eigenvalue weighted by molar-refractivity contribution is 7.89. The van der Waals surface area contributed by atoms with Gasteiger partial charge in [0.1, 0.15) is 0 Å². The smallest absolute Gasteiger partial charge is 0.263 e. The van der Waals surface area contributed by atoms with Crippen molar-refractivity contribution in [3.05, 3.63) is 40.5 Å². The van der Waals surface area contributed by atoms with Crippen molar-refractivity contribution >= 4 is 33.2 Å². The van der Waals surface area contributed by atoms with E-state index in [4.69, 9.17) is 11.6 Å². The minimum Gasteiger partial charge on any atom is -0.369 e. The Hall–Kier alpha value is -2.10. The standard InChI is InChI=1S/C20H28ClN5O3S/c1-5-15(3)22-19(27)17-13-24(4)23-20(17)30(28,29)26-10-8-25(9-11-26)18-12-16(21)7-6-14(18)2/h6-7,12-13,15H,5,8-11H2,1-4H3,(H,22,27). The van der Waals surface area contributed by atoms with Gasteiger partial charge in [0.15, 0.2) is 0 Å². The molecule has 1 amide bonds. The number of piperazine rings is 1. The number of nitrogens with zero attached hydrogens (tertiary/aromatic N) is 4. The van der Waals surface area contributed by atoms with E-state index in [1.807, 2.05) is 39.0 Å². The van der Waals surface area contributed by atoms with Crippen LogP contribution in [0.1, 0.15) is 36.2 Å². The Kier molecular flexibility index (Phi) is 6.74. The first-order valence-electron chi connectivity index (χ1n) is 9.99. The Bertz CT molecular complexity index is 1030. The number of halogens is 1. The van der Waals surface area contributed by atoms with E-state index in [0.717, 1.165) is 17.7 Å². The molecule has 164 valence electrons. The second-order valence-electron chi connectivity index (χ2n) is 7.63. The average molecular weight is 454 g/mol. The van der Waals surface area contributed by atoms with Crippen LogP contribution in [0.15, 0.2) is 29.4 Å². The van der Waals surface area contributed by atoms with Crippen LogP contribution in [-0.4, -0.2) is 60.6 Å². The van der Waals surface area contributed by atoms with Crippen LogP contribution in [0, 0.1) is 6.92 Å². The summed E-state index contributed by atoms with van der Waals surface area (Å²) < 4.78 is 29.3. The number of rotatable bonds is 6. The van der Waals surface area contributed by atoms with Crippen LogP contribution in [0.5, 0.6) is 0 Å². The van der Waals surface area contributed by atoms with Crippen molar-refractivity contribution in [3.63, 3.8) is 0 Å². The first kappa shape index (κ1) is 22.6. The lowest BCUT2D eigenvalue weighted by Crippen LogP contribution is -2.49. The van der Waals surface area contributed by atoms with E-state index < -0.39 is 15.9 Å². The number of amides is 1. The van der Waals surface area contributed by atoms with Crippen molar-refractivity contribution < 1.29 is 13.2 Å². The average Bonchev–Trinajstić information content (AvgIpc) is 3.12. The van der Waals surface area contributed by atoms with Crippen molar-refractivity contribution in [2.24, 2.45) is 7.05 Å². The number of carbonyl (C=O) groups is 1. The number of aryl methyl sites for hydroxylation is 2. The molecule has 0 radical (unpaired) electrons. The predicted octanol–water partition coefficient (Wildman–Crippen LogP) is 2.42. The van der Waals surface area contributed by atoms with E-state index in [9.17, 15) is 13.2 Å². The van der Waals surface area contributed by atoms with Gasteiger partial charge in [-0.1, -0.05) is 24.6 Å². The molecule has 1 fully saturated rings. The third kappa shape index (κ3) is 4.63. The minimum absolute atomic E-state index is 0.0576. The molecule has 3 rings (SSSR count). The molecule has 8 nitrogen and oxygen atoms in total. The maximum Gasteiger partial charge on any atom is 0.263 e. The van der Waals surface area contributed by atoms with Gasteiger partial charge in [-0.25, -0.2) is 8.42 Å². The molecule has 1 aliphatic rings. The summed E-state index contributed by atoms with van der Waals surface area (Å²) in [6, 6.07) is 5.64. The summed E-state index contributed by atoms with van der Waals surface area (Å²) >= 11 is 6.13. The van der Waals surface area contributed by atoms with Crippen LogP contribution >= 0.6 is 11.6 Å². The molecular formula is C20H28ClN5O3S. The van der Waals surface area contributed by atoms with Crippen molar-refractivity contribution in [2.75, 3.05) is 31.1 Å². The van der Waals surface area contributed by atoms with Gasteiger partial charge in [-0.2, -0.15) is 9.40 Å². The third-order valence-corrected chi connectivity index (χ3v) is 7.43. The highest BCUT2D eigenvalue weighted by Gasteiger charge is 2.35. The summed E-state index contributed by atoms with van der Waals surface area (Å²) in [6.45, 7) is 7.50. The number of anilines is 1. The van der Waals surface area contributed by atoms with Crippen LogP contribution in [0.3, 0.4) is 0 Å². The normalized spacial score (nSPS) is 16.5. The Morgan fingerprint density at radius 2 is 1.93 bits per heavy atom. The maximum absolute atomic E-state index is 13.3. The highest BCUT2D eigenvalue weighted by Crippen LogP contribution is 2.27. The van der Waals surface area contributed by atoms with Gasteiger partial charge in [-0.05, 0) is 38.0 Å². The van der Waals surface area contributed by atoms with E-state index in [-0.39, 0.29) is 16.6 Å². The predicted molar refractivity (Wildman–Crippen MR) is 118 cm³/mol. The maximum atomic E-state index is 13.3. The summed E-state index contributed by atoms with van der Waals surface area (Å²) in [5.41, 5.74) is 2.17. The summed E-state index contributed by atoms with van der Waals surface area (Å²) in [4.78, 5) is 14.7. The van der Waals surface area contributed by atoms with Gasteiger partial charge < -0.3 is 10.2 Å². The highest BCUT2D eigenvalue weighted by atomic mass is 35.5. The first-order valence-corrected chi connectivity index (χ1v) is 11.8. The number of aromatic nitrogens is 2. The van der Waals surface area contributed by atoms with E-state index in [2.05, 4.69) is 15.3 Å². The number of sulfonamides is 1. The molecule has 1 atom stereocenters. The summed E-state index contributed by atoms with van der Waals surface area (Å²) in [6.07, 6.45) is 2.20. The van der Waals surface area contributed by atoms with E-state index in [1.54, 1.807) is 7.05 Å². The minimum atomic E-state index is -3.90. The zero-order valence-electron chi connectivity index (χ0n) is 17.7. The van der Waals surface area contributed by atoms with Gasteiger partial charge in [0.25, 0.3) is 15.9 Å². The number of benzene rings is 1. The fourth-order valence-electron chi connectivity index (χ4n) is 3.43. The fourth-order valence-corrected chi connectivity index (χ4v) is 5.14. The number of hydrogen-bond donors (Lipinski definition) is 1. The van der Waals surface area contributed by atoms with Crippen molar-refractivity contribution in [3.8, 4) is 0 Å². The largest absolute Gasteiger partial charge is 0.369 e. The summed E-state index contributed by atoms with van der Waals surface area (Å²) in [5.74, 6) is -0.427. The van der Waals surface area contributed by atoms with Gasteiger partial charge in [0.2, 0.25) is 5.03 Å². The van der Waals surface area contributed by atoms with Gasteiger partial charge in [-0.15, -0.1) is 0 Å². The van der Waals surface area contributed by atoms with Crippen LogP contribution in [0.2, 0.25) is 5.02 Å². The molecule has 0 aliphatic carbocycles. The molecular weight excluding hydrogens is 426 g/mol. The molecule has 1 aromatic carbocycles.